The summed E-state index contributed by atoms with van der Waals surface area (Å²) in [7, 11) is 0. The predicted molar refractivity (Wildman–Crippen MR) is 103 cm³/mol. The third kappa shape index (κ3) is 3.42. The number of hydrogen-bond donors (Lipinski definition) is 1. The zero-order valence-corrected chi connectivity index (χ0v) is 15.3. The van der Waals surface area contributed by atoms with E-state index in [1.807, 2.05) is 10.6 Å². The zero-order valence-electron chi connectivity index (χ0n) is 15.3. The van der Waals surface area contributed by atoms with Crippen molar-refractivity contribution in [3.8, 4) is 29.7 Å². The van der Waals surface area contributed by atoms with E-state index in [4.69, 9.17) is 11.2 Å². The number of carbonyl (C=O) groups is 1. The highest BCUT2D eigenvalue weighted by molar-refractivity contribution is 6.05. The average molecular weight is 374 g/mol. The number of ether oxygens (including phenoxy) is 1. The molecule has 0 aliphatic carbocycles. The minimum absolute atomic E-state index is 0.160. The fourth-order valence-corrected chi connectivity index (χ4v) is 3.06. The van der Waals surface area contributed by atoms with Gasteiger partial charge in [-0.3, -0.25) is 4.79 Å². The maximum atomic E-state index is 12.8. The Hall–Kier alpha value is -3.73. The highest BCUT2D eigenvalue weighted by Crippen LogP contribution is 2.24. The first kappa shape index (κ1) is 17.7. The molecule has 3 aromatic rings. The Kier molecular flexibility index (Phi) is 4.72. The van der Waals surface area contributed by atoms with Crippen molar-refractivity contribution in [2.45, 2.75) is 25.8 Å². The molecule has 0 saturated heterocycles. The summed E-state index contributed by atoms with van der Waals surface area (Å²) in [5.74, 6) is 3.39. The summed E-state index contributed by atoms with van der Waals surface area (Å²) in [6.07, 6.45) is 10.3. The van der Waals surface area contributed by atoms with E-state index in [0.717, 1.165) is 12.8 Å². The molecule has 0 spiro atoms. The molecule has 140 valence electrons. The van der Waals surface area contributed by atoms with E-state index in [1.165, 1.54) is 6.20 Å². The molecule has 0 fully saturated rings. The lowest BCUT2D eigenvalue weighted by atomic mass is 10.1. The number of terminal acetylenes is 1. The lowest BCUT2D eigenvalue weighted by Gasteiger charge is -2.17. The van der Waals surface area contributed by atoms with Crippen LogP contribution in [0.1, 0.15) is 41.7 Å². The van der Waals surface area contributed by atoms with Crippen molar-refractivity contribution in [2.75, 3.05) is 11.9 Å². The second kappa shape index (κ2) is 7.48. The lowest BCUT2D eigenvalue weighted by Crippen LogP contribution is -2.17. The Bertz CT molecular complexity index is 1070. The first-order valence-corrected chi connectivity index (χ1v) is 8.93. The highest BCUT2D eigenvalue weighted by Gasteiger charge is 2.19. The Labute approximate surface area is 162 Å². The van der Waals surface area contributed by atoms with Gasteiger partial charge in [-0.25, -0.2) is 9.97 Å². The second-order valence-corrected chi connectivity index (χ2v) is 6.48. The van der Waals surface area contributed by atoms with E-state index in [2.05, 4.69) is 38.3 Å². The zero-order chi connectivity index (χ0) is 19.5. The number of rotatable bonds is 0. The number of hydrogen-bond acceptors (Lipinski definition) is 6. The molecule has 4 heterocycles. The van der Waals surface area contributed by atoms with Gasteiger partial charge < -0.3 is 14.6 Å². The van der Waals surface area contributed by atoms with Crippen LogP contribution in [0.2, 0.25) is 0 Å². The smallest absolute Gasteiger partial charge is 0.262 e. The summed E-state index contributed by atoms with van der Waals surface area (Å²) in [5, 5.41) is 11.0. The van der Waals surface area contributed by atoms with Crippen LogP contribution in [0.15, 0.2) is 36.8 Å². The molecule has 1 N–H and O–H groups in total. The van der Waals surface area contributed by atoms with Crippen LogP contribution >= 0.6 is 0 Å². The van der Waals surface area contributed by atoms with Crippen LogP contribution in [0.4, 0.5) is 5.82 Å². The number of anilines is 1. The van der Waals surface area contributed by atoms with Crippen molar-refractivity contribution in [2.24, 2.45) is 0 Å². The van der Waals surface area contributed by atoms with Crippen LogP contribution in [-0.2, 0) is 0 Å². The number of pyridine rings is 2. The van der Waals surface area contributed by atoms with Gasteiger partial charge in [0, 0.05) is 17.8 Å². The molecule has 4 rings (SSSR count). The quantitative estimate of drug-likeness (QED) is 0.608. The minimum atomic E-state index is -0.392. The summed E-state index contributed by atoms with van der Waals surface area (Å²) < 4.78 is 7.75. The Morgan fingerprint density at radius 1 is 1.39 bits per heavy atom. The van der Waals surface area contributed by atoms with Crippen molar-refractivity contribution >= 4 is 11.7 Å². The van der Waals surface area contributed by atoms with E-state index < -0.39 is 5.91 Å². The van der Waals surface area contributed by atoms with E-state index in [-0.39, 0.29) is 17.5 Å². The Balaban J connectivity index is 1.77. The van der Waals surface area contributed by atoms with Crippen LogP contribution in [0.5, 0.6) is 5.88 Å². The molecular weight excluding hydrogens is 356 g/mol. The van der Waals surface area contributed by atoms with Crippen LogP contribution in [0.25, 0.3) is 11.5 Å². The van der Waals surface area contributed by atoms with Gasteiger partial charge in [-0.2, -0.15) is 0 Å². The fraction of sp³-hybridized carbons (Fsp3) is 0.250. The van der Waals surface area contributed by atoms with Crippen LogP contribution in [0.3, 0.4) is 0 Å². The monoisotopic (exact) mass is 374 g/mol. The third-order valence-electron chi connectivity index (χ3n) is 4.54. The van der Waals surface area contributed by atoms with Gasteiger partial charge >= 0.3 is 0 Å². The second-order valence-electron chi connectivity index (χ2n) is 6.48. The molecule has 1 atom stereocenters. The fourth-order valence-electron chi connectivity index (χ4n) is 3.06. The molecule has 1 aliphatic heterocycles. The topological polar surface area (TPSA) is 94.8 Å². The normalized spacial score (nSPS) is 16.6. The van der Waals surface area contributed by atoms with Gasteiger partial charge in [0.1, 0.15) is 23.4 Å². The lowest BCUT2D eigenvalue weighted by molar-refractivity contribution is 0.102. The minimum Gasteiger partial charge on any atom is -0.477 e. The van der Waals surface area contributed by atoms with Gasteiger partial charge in [0.25, 0.3) is 5.91 Å². The number of aromatic nitrogens is 5. The number of fused-ring (bicyclic) bond motifs is 5. The Morgan fingerprint density at radius 2 is 2.29 bits per heavy atom. The summed E-state index contributed by atoms with van der Waals surface area (Å²) in [6.45, 7) is 2.52. The van der Waals surface area contributed by atoms with E-state index in [1.54, 1.807) is 24.5 Å². The summed E-state index contributed by atoms with van der Waals surface area (Å²) in [5.41, 5.74) is 1.41. The summed E-state index contributed by atoms with van der Waals surface area (Å²) in [6, 6.07) is 7.10. The molecule has 2 bridgehead atoms. The van der Waals surface area contributed by atoms with Crippen LogP contribution in [-0.4, -0.2) is 37.2 Å². The maximum Gasteiger partial charge on any atom is 0.262 e. The molecule has 3 aromatic heterocycles. The molecule has 0 saturated carbocycles. The van der Waals surface area contributed by atoms with Gasteiger partial charge in [-0.1, -0.05) is 12.0 Å². The first-order valence-electron chi connectivity index (χ1n) is 8.93. The highest BCUT2D eigenvalue weighted by atomic mass is 16.5. The largest absolute Gasteiger partial charge is 0.477 e. The molecule has 0 radical (unpaired) electrons. The van der Waals surface area contributed by atoms with Crippen molar-refractivity contribution in [3.05, 3.63) is 47.9 Å². The molecule has 0 aromatic carbocycles. The van der Waals surface area contributed by atoms with Crippen molar-refractivity contribution in [1.29, 1.82) is 0 Å². The average Bonchev–Trinajstić information content (AvgIpc) is 3.20. The number of amides is 1. The van der Waals surface area contributed by atoms with E-state index >= 15 is 0 Å². The number of nitrogens with zero attached hydrogens (tertiary/aromatic N) is 5. The first-order chi connectivity index (χ1) is 13.7. The maximum absolute atomic E-state index is 12.8. The third-order valence-corrected chi connectivity index (χ3v) is 4.54. The summed E-state index contributed by atoms with van der Waals surface area (Å²) in [4.78, 5) is 21.6. The van der Waals surface area contributed by atoms with Crippen LogP contribution in [0, 0.1) is 12.3 Å². The molecule has 8 nitrogen and oxygen atoms in total. The van der Waals surface area contributed by atoms with Crippen molar-refractivity contribution < 1.29 is 9.53 Å². The molecular formula is C20H18N6O2. The van der Waals surface area contributed by atoms with Gasteiger partial charge in [-0.05, 0) is 38.0 Å². The SMILES string of the molecule is C#Cc1cnc2c(c1)C(=O)Nc1cccc(n1)-c1nncn1[C@@H](C)CCCO2. The van der Waals surface area contributed by atoms with Crippen molar-refractivity contribution in [3.63, 3.8) is 0 Å². The van der Waals surface area contributed by atoms with Crippen molar-refractivity contribution in [1.82, 2.24) is 24.7 Å². The van der Waals surface area contributed by atoms with Gasteiger partial charge in [0.05, 0.1) is 6.61 Å². The van der Waals surface area contributed by atoms with Gasteiger partial charge in [-0.15, -0.1) is 16.6 Å². The van der Waals surface area contributed by atoms with E-state index in [9.17, 15) is 4.79 Å². The van der Waals surface area contributed by atoms with Crippen LogP contribution < -0.4 is 10.1 Å². The molecule has 8 heteroatoms. The van der Waals surface area contributed by atoms with E-state index in [0.29, 0.717) is 29.5 Å². The standard InChI is InChI=1S/C20H18N6O2/c1-3-14-10-15-19(27)24-17-8-4-7-16(23-17)18-25-22-12-26(18)13(2)6-5-9-28-20(15)21-11-14/h1,4,7-8,10-13H,5-6,9H2,2H3,(H,23,24,27)/t13-/m0/s1. The Morgan fingerprint density at radius 3 is 3.14 bits per heavy atom. The number of carbonyl (C=O) groups excluding carboxylic acids is 1. The molecule has 1 aliphatic rings. The molecule has 0 unspecified atom stereocenters. The summed E-state index contributed by atoms with van der Waals surface area (Å²) >= 11 is 0. The molecule has 1 amide bonds. The van der Waals surface area contributed by atoms with Gasteiger partial charge in [0.15, 0.2) is 5.82 Å². The van der Waals surface area contributed by atoms with Gasteiger partial charge in [0.2, 0.25) is 5.88 Å². The molecule has 28 heavy (non-hydrogen) atoms. The number of nitrogens with one attached hydrogen (secondary N) is 1. The predicted octanol–water partition coefficient (Wildman–Crippen LogP) is 2.70.